The van der Waals surface area contributed by atoms with Gasteiger partial charge in [0.15, 0.2) is 0 Å². The quantitative estimate of drug-likeness (QED) is 0.880. The maximum Gasteiger partial charge on any atom is 0.237 e. The van der Waals surface area contributed by atoms with Crippen LogP contribution in [0.5, 0.6) is 11.6 Å². The highest BCUT2D eigenvalue weighted by molar-refractivity contribution is 5.92. The number of rotatable bonds is 6. The highest BCUT2D eigenvalue weighted by atomic mass is 16.5. The number of carbonyl (C=O) groups excluding carboxylic acids is 1. The van der Waals surface area contributed by atoms with Gasteiger partial charge in [-0.15, -0.1) is 0 Å². The van der Waals surface area contributed by atoms with E-state index in [-0.39, 0.29) is 11.8 Å². The largest absolute Gasteiger partial charge is 0.437 e. The van der Waals surface area contributed by atoms with Gasteiger partial charge in [0.05, 0.1) is 6.20 Å². The predicted octanol–water partition coefficient (Wildman–Crippen LogP) is 3.64. The molecule has 1 aromatic heterocycles. The monoisotopic (exact) mass is 285 g/mol. The summed E-state index contributed by atoms with van der Waals surface area (Å²) in [5.41, 5.74) is 0.716. The molecule has 5 nitrogen and oxygen atoms in total. The van der Waals surface area contributed by atoms with Crippen LogP contribution in [0, 0.1) is 5.92 Å². The van der Waals surface area contributed by atoms with Crippen molar-refractivity contribution in [3.8, 4) is 11.6 Å². The van der Waals surface area contributed by atoms with Crippen LogP contribution >= 0.6 is 0 Å². The molecule has 0 atom stereocenters. The Bertz CT molecular complexity index is 583. The van der Waals surface area contributed by atoms with Gasteiger partial charge in [0.1, 0.15) is 5.75 Å². The minimum atomic E-state index is 0.0366. The molecule has 0 bridgehead atoms. The van der Waals surface area contributed by atoms with Crippen molar-refractivity contribution in [1.29, 1.82) is 0 Å². The molecule has 2 rings (SSSR count). The lowest BCUT2D eigenvalue weighted by Crippen LogP contribution is -2.21. The van der Waals surface area contributed by atoms with Gasteiger partial charge < -0.3 is 10.1 Å². The molecule has 0 aliphatic heterocycles. The summed E-state index contributed by atoms with van der Waals surface area (Å²) in [6.07, 6.45) is 6.35. The summed E-state index contributed by atoms with van der Waals surface area (Å²) < 4.78 is 5.59. The zero-order valence-corrected chi connectivity index (χ0v) is 12.2. The minimum Gasteiger partial charge on any atom is -0.437 e. The number of amides is 1. The first kappa shape index (κ1) is 15.0. The van der Waals surface area contributed by atoms with E-state index in [0.29, 0.717) is 17.3 Å². The molecule has 2 aromatic rings. The number of ether oxygens (including phenoxy) is 1. The van der Waals surface area contributed by atoms with Crippen LogP contribution < -0.4 is 10.1 Å². The topological polar surface area (TPSA) is 64.1 Å². The lowest BCUT2D eigenvalue weighted by molar-refractivity contribution is -0.120. The second kappa shape index (κ2) is 7.38. The Labute approximate surface area is 124 Å². The number of anilines is 1. The van der Waals surface area contributed by atoms with E-state index in [2.05, 4.69) is 15.3 Å². The molecule has 0 aliphatic rings. The van der Waals surface area contributed by atoms with Gasteiger partial charge in [-0.25, -0.2) is 4.98 Å². The molecule has 0 fully saturated rings. The number of hydrogen-bond donors (Lipinski definition) is 1. The first-order valence-electron chi connectivity index (χ1n) is 7.07. The van der Waals surface area contributed by atoms with Crippen LogP contribution in [0.15, 0.2) is 42.9 Å². The second-order valence-corrected chi connectivity index (χ2v) is 4.68. The maximum absolute atomic E-state index is 12.1. The number of benzene rings is 1. The lowest BCUT2D eigenvalue weighted by Gasteiger charge is -2.13. The zero-order valence-electron chi connectivity index (χ0n) is 12.2. The highest BCUT2D eigenvalue weighted by Gasteiger charge is 2.14. The molecule has 1 N–H and O–H groups in total. The van der Waals surface area contributed by atoms with Gasteiger partial charge in [0.25, 0.3) is 0 Å². The van der Waals surface area contributed by atoms with Crippen LogP contribution in [0.1, 0.15) is 26.7 Å². The third kappa shape index (κ3) is 4.27. The van der Waals surface area contributed by atoms with E-state index < -0.39 is 0 Å². The van der Waals surface area contributed by atoms with E-state index in [1.54, 1.807) is 18.5 Å². The van der Waals surface area contributed by atoms with Crippen LogP contribution in [-0.2, 0) is 4.79 Å². The van der Waals surface area contributed by atoms with Gasteiger partial charge in [0, 0.05) is 30.1 Å². The lowest BCUT2D eigenvalue weighted by atomic mass is 10.0. The number of nitrogens with one attached hydrogen (secondary N) is 1. The molecule has 0 unspecified atom stereocenters. The van der Waals surface area contributed by atoms with E-state index in [1.165, 1.54) is 6.20 Å². The van der Waals surface area contributed by atoms with E-state index >= 15 is 0 Å². The van der Waals surface area contributed by atoms with Crippen LogP contribution in [0.4, 0.5) is 5.69 Å². The fourth-order valence-corrected chi connectivity index (χ4v) is 2.00. The summed E-state index contributed by atoms with van der Waals surface area (Å²) in [6, 6.07) is 7.24. The minimum absolute atomic E-state index is 0.0366. The summed E-state index contributed by atoms with van der Waals surface area (Å²) in [5, 5.41) is 2.92. The Morgan fingerprint density at radius 3 is 2.76 bits per heavy atom. The van der Waals surface area contributed by atoms with E-state index in [9.17, 15) is 4.79 Å². The van der Waals surface area contributed by atoms with Crippen molar-refractivity contribution in [2.45, 2.75) is 26.7 Å². The molecule has 1 heterocycles. The van der Waals surface area contributed by atoms with Crippen LogP contribution in [0.25, 0.3) is 0 Å². The van der Waals surface area contributed by atoms with Crippen molar-refractivity contribution >= 4 is 11.6 Å². The van der Waals surface area contributed by atoms with E-state index in [1.807, 2.05) is 32.0 Å². The zero-order chi connectivity index (χ0) is 15.1. The Morgan fingerprint density at radius 1 is 1.29 bits per heavy atom. The van der Waals surface area contributed by atoms with Crippen LogP contribution in [-0.4, -0.2) is 15.9 Å². The molecule has 0 aliphatic carbocycles. The normalized spacial score (nSPS) is 10.4. The van der Waals surface area contributed by atoms with Gasteiger partial charge in [-0.1, -0.05) is 19.9 Å². The summed E-state index contributed by atoms with van der Waals surface area (Å²) >= 11 is 0. The molecule has 0 spiro atoms. The summed E-state index contributed by atoms with van der Waals surface area (Å²) in [6.45, 7) is 4.03. The first-order valence-corrected chi connectivity index (χ1v) is 7.07. The molecule has 5 heteroatoms. The van der Waals surface area contributed by atoms with Crippen LogP contribution in [0.3, 0.4) is 0 Å². The van der Waals surface area contributed by atoms with Gasteiger partial charge in [0.2, 0.25) is 11.8 Å². The Hall–Kier alpha value is -2.43. The van der Waals surface area contributed by atoms with Gasteiger partial charge in [-0.3, -0.25) is 9.78 Å². The van der Waals surface area contributed by atoms with Gasteiger partial charge in [-0.05, 0) is 25.0 Å². The third-order valence-corrected chi connectivity index (χ3v) is 3.22. The van der Waals surface area contributed by atoms with E-state index in [4.69, 9.17) is 4.74 Å². The van der Waals surface area contributed by atoms with Crippen molar-refractivity contribution in [1.82, 2.24) is 9.97 Å². The molecule has 0 saturated heterocycles. The number of nitrogens with zero attached hydrogens (tertiary/aromatic N) is 2. The second-order valence-electron chi connectivity index (χ2n) is 4.68. The standard InChI is InChI=1S/C16H19N3O2/c1-3-12(4-2)16(20)19-13-6-5-7-14(10-13)21-15-11-17-8-9-18-15/h5-12H,3-4H2,1-2H3,(H,19,20). The summed E-state index contributed by atoms with van der Waals surface area (Å²) in [5.74, 6) is 1.10. The fraction of sp³-hybridized carbons (Fsp3) is 0.312. The van der Waals surface area contributed by atoms with Crippen molar-refractivity contribution in [2.75, 3.05) is 5.32 Å². The summed E-state index contributed by atoms with van der Waals surface area (Å²) in [4.78, 5) is 20.1. The average Bonchev–Trinajstić information content (AvgIpc) is 2.50. The Kier molecular flexibility index (Phi) is 5.26. The Morgan fingerprint density at radius 2 is 2.10 bits per heavy atom. The smallest absolute Gasteiger partial charge is 0.237 e. The molecule has 0 radical (unpaired) electrons. The van der Waals surface area contributed by atoms with Crippen molar-refractivity contribution in [2.24, 2.45) is 5.92 Å². The van der Waals surface area contributed by atoms with E-state index in [0.717, 1.165) is 12.8 Å². The van der Waals surface area contributed by atoms with Crippen molar-refractivity contribution in [3.05, 3.63) is 42.9 Å². The Balaban J connectivity index is 2.06. The number of aromatic nitrogens is 2. The average molecular weight is 285 g/mol. The SMILES string of the molecule is CCC(CC)C(=O)Nc1cccc(Oc2cnccn2)c1. The molecular weight excluding hydrogens is 266 g/mol. The number of hydrogen-bond acceptors (Lipinski definition) is 4. The molecule has 110 valence electrons. The van der Waals surface area contributed by atoms with Crippen LogP contribution in [0.2, 0.25) is 0 Å². The number of carbonyl (C=O) groups is 1. The van der Waals surface area contributed by atoms with Crippen molar-refractivity contribution in [3.63, 3.8) is 0 Å². The van der Waals surface area contributed by atoms with Gasteiger partial charge >= 0.3 is 0 Å². The fourth-order valence-electron chi connectivity index (χ4n) is 2.00. The maximum atomic E-state index is 12.1. The third-order valence-electron chi connectivity index (χ3n) is 3.22. The molecule has 0 saturated carbocycles. The molecule has 1 aromatic carbocycles. The first-order chi connectivity index (χ1) is 10.2. The highest BCUT2D eigenvalue weighted by Crippen LogP contribution is 2.22. The summed E-state index contributed by atoms with van der Waals surface area (Å²) in [7, 11) is 0. The molecular formula is C16H19N3O2. The molecule has 1 amide bonds. The van der Waals surface area contributed by atoms with Gasteiger partial charge in [-0.2, -0.15) is 0 Å². The van der Waals surface area contributed by atoms with Crippen molar-refractivity contribution < 1.29 is 9.53 Å². The predicted molar refractivity (Wildman–Crippen MR) is 81.2 cm³/mol. The molecule has 21 heavy (non-hydrogen) atoms.